The van der Waals surface area contributed by atoms with Crippen LogP contribution in [0.1, 0.15) is 5.56 Å². The number of anilines is 1. The zero-order valence-corrected chi connectivity index (χ0v) is 12.0. The van der Waals surface area contributed by atoms with Gasteiger partial charge in [-0.25, -0.2) is 5.43 Å². The molecule has 23 heavy (non-hydrogen) atoms. The number of aryl methyl sites for hydroxylation is 1. The minimum Gasteiger partial charge on any atom is -0.507 e. The van der Waals surface area contributed by atoms with Crippen LogP contribution < -0.4 is 5.43 Å². The zero-order valence-electron chi connectivity index (χ0n) is 12.0. The topological polar surface area (TPSA) is 118 Å². The lowest BCUT2D eigenvalue weighted by Gasteiger charge is -2.04. The first kappa shape index (κ1) is 14.4. The normalized spacial score (nSPS) is 11.2. The van der Waals surface area contributed by atoms with Crippen LogP contribution in [0.4, 0.5) is 11.9 Å². The standard InChI is InChI=1S/C14H12N6O3/c1-19-13(16-14(18-19)20(22)23)17-15-8-11-10-5-3-2-4-9(10)6-7-12(11)21/h2-8,21H,1H3,(H,16,17,18). The molecule has 9 nitrogen and oxygen atoms in total. The van der Waals surface area contributed by atoms with Crippen molar-refractivity contribution in [1.82, 2.24) is 14.8 Å². The van der Waals surface area contributed by atoms with Gasteiger partial charge in [0.15, 0.2) is 0 Å². The number of phenols is 1. The smallest absolute Gasteiger partial charge is 0.493 e. The highest BCUT2D eigenvalue weighted by Gasteiger charge is 2.18. The molecule has 0 aliphatic heterocycles. The zero-order chi connectivity index (χ0) is 16.4. The van der Waals surface area contributed by atoms with Gasteiger partial charge in [-0.3, -0.25) is 0 Å². The number of benzene rings is 2. The fraction of sp³-hybridized carbons (Fsp3) is 0.0714. The molecule has 0 saturated heterocycles. The van der Waals surface area contributed by atoms with Gasteiger partial charge in [0.2, 0.25) is 0 Å². The van der Waals surface area contributed by atoms with E-state index in [0.29, 0.717) is 5.56 Å². The van der Waals surface area contributed by atoms with Crippen LogP contribution in [0.25, 0.3) is 10.8 Å². The van der Waals surface area contributed by atoms with E-state index in [9.17, 15) is 15.2 Å². The number of phenolic OH excluding ortho intramolecular Hbond substituents is 1. The number of hydrogen-bond acceptors (Lipinski definition) is 7. The molecule has 0 radical (unpaired) electrons. The number of hydrogen-bond donors (Lipinski definition) is 2. The van der Waals surface area contributed by atoms with E-state index in [1.807, 2.05) is 30.3 Å². The van der Waals surface area contributed by atoms with Crippen molar-refractivity contribution in [3.8, 4) is 5.75 Å². The number of hydrazone groups is 1. The first-order valence-electron chi connectivity index (χ1n) is 6.61. The molecule has 0 aliphatic carbocycles. The van der Waals surface area contributed by atoms with Crippen LogP contribution in [0, 0.1) is 10.1 Å². The summed E-state index contributed by atoms with van der Waals surface area (Å²) in [7, 11) is 1.51. The van der Waals surface area contributed by atoms with Crippen molar-refractivity contribution in [2.45, 2.75) is 0 Å². The van der Waals surface area contributed by atoms with Gasteiger partial charge in [-0.05, 0) is 26.7 Å². The summed E-state index contributed by atoms with van der Waals surface area (Å²) < 4.78 is 1.21. The summed E-state index contributed by atoms with van der Waals surface area (Å²) in [6.07, 6.45) is 1.43. The van der Waals surface area contributed by atoms with Crippen molar-refractivity contribution in [2.24, 2.45) is 12.1 Å². The lowest BCUT2D eigenvalue weighted by molar-refractivity contribution is -0.394. The maximum atomic E-state index is 10.6. The number of aromatic hydroxyl groups is 1. The molecule has 0 amide bonds. The molecule has 0 spiro atoms. The summed E-state index contributed by atoms with van der Waals surface area (Å²) in [6.45, 7) is 0. The Hall–Kier alpha value is -3.49. The average molecular weight is 312 g/mol. The Morgan fingerprint density at radius 1 is 1.35 bits per heavy atom. The molecule has 2 N–H and O–H groups in total. The first-order valence-corrected chi connectivity index (χ1v) is 6.61. The summed E-state index contributed by atoms with van der Waals surface area (Å²) >= 11 is 0. The van der Waals surface area contributed by atoms with Gasteiger partial charge in [0, 0.05) is 17.7 Å². The minimum atomic E-state index is -0.689. The maximum absolute atomic E-state index is 10.6. The van der Waals surface area contributed by atoms with Crippen LogP contribution in [0.15, 0.2) is 41.5 Å². The fourth-order valence-corrected chi connectivity index (χ4v) is 2.12. The predicted octanol–water partition coefficient (Wildman–Crippen LogP) is 2.03. The van der Waals surface area contributed by atoms with Gasteiger partial charge < -0.3 is 15.2 Å². The van der Waals surface area contributed by atoms with E-state index < -0.39 is 10.9 Å². The van der Waals surface area contributed by atoms with Crippen molar-refractivity contribution in [1.29, 1.82) is 0 Å². The van der Waals surface area contributed by atoms with E-state index in [1.165, 1.54) is 17.9 Å². The maximum Gasteiger partial charge on any atom is 0.493 e. The largest absolute Gasteiger partial charge is 0.507 e. The van der Waals surface area contributed by atoms with Crippen molar-refractivity contribution < 1.29 is 10.0 Å². The average Bonchev–Trinajstić information content (AvgIpc) is 2.91. The van der Waals surface area contributed by atoms with E-state index in [4.69, 9.17) is 0 Å². The van der Waals surface area contributed by atoms with Crippen LogP contribution in [0.2, 0.25) is 0 Å². The number of nitrogens with one attached hydrogen (secondary N) is 1. The van der Waals surface area contributed by atoms with E-state index in [0.717, 1.165) is 10.8 Å². The van der Waals surface area contributed by atoms with Crippen molar-refractivity contribution in [2.75, 3.05) is 5.43 Å². The molecular formula is C14H12N6O3. The summed E-state index contributed by atoms with van der Waals surface area (Å²) in [6, 6.07) is 10.9. The highest BCUT2D eigenvalue weighted by atomic mass is 16.6. The third kappa shape index (κ3) is 2.79. The molecule has 2 aromatic carbocycles. The van der Waals surface area contributed by atoms with Gasteiger partial charge in [-0.2, -0.15) is 9.78 Å². The molecule has 1 heterocycles. The van der Waals surface area contributed by atoms with Crippen LogP contribution >= 0.6 is 0 Å². The molecule has 0 unspecified atom stereocenters. The number of nitrogens with zero attached hydrogens (tertiary/aromatic N) is 5. The minimum absolute atomic E-state index is 0.0817. The van der Waals surface area contributed by atoms with Gasteiger partial charge in [0.05, 0.1) is 6.21 Å². The number of nitro groups is 1. The van der Waals surface area contributed by atoms with Crippen LogP contribution in [-0.2, 0) is 7.05 Å². The predicted molar refractivity (Wildman–Crippen MR) is 84.5 cm³/mol. The summed E-state index contributed by atoms with van der Waals surface area (Å²) in [5, 5.41) is 30.0. The first-order chi connectivity index (χ1) is 11.1. The lowest BCUT2D eigenvalue weighted by atomic mass is 10.0. The summed E-state index contributed by atoms with van der Waals surface area (Å²) in [5.74, 6) is -0.316. The molecule has 0 bridgehead atoms. The van der Waals surface area contributed by atoms with Crippen molar-refractivity contribution in [3.05, 3.63) is 52.1 Å². The van der Waals surface area contributed by atoms with Gasteiger partial charge in [0.25, 0.3) is 0 Å². The number of aromatic nitrogens is 3. The second-order valence-corrected chi connectivity index (χ2v) is 4.71. The molecule has 0 aliphatic rings. The Morgan fingerprint density at radius 3 is 2.87 bits per heavy atom. The van der Waals surface area contributed by atoms with E-state index >= 15 is 0 Å². The second-order valence-electron chi connectivity index (χ2n) is 4.71. The molecule has 3 aromatic rings. The molecule has 0 saturated carbocycles. The van der Waals surface area contributed by atoms with Gasteiger partial charge >= 0.3 is 11.9 Å². The Balaban J connectivity index is 1.89. The Morgan fingerprint density at radius 2 is 2.13 bits per heavy atom. The SMILES string of the molecule is Cn1nc([N+](=O)[O-])nc1NN=Cc1c(O)ccc2ccccc12. The van der Waals surface area contributed by atoms with Crippen LogP contribution in [-0.4, -0.2) is 31.0 Å². The Labute approximate surface area is 130 Å². The highest BCUT2D eigenvalue weighted by molar-refractivity contribution is 6.02. The van der Waals surface area contributed by atoms with Gasteiger partial charge in [0.1, 0.15) is 5.75 Å². The molecule has 0 fully saturated rings. The molecule has 0 atom stereocenters. The number of rotatable bonds is 4. The molecule has 1 aromatic heterocycles. The van der Waals surface area contributed by atoms with Crippen molar-refractivity contribution >= 4 is 28.9 Å². The molecule has 116 valence electrons. The van der Waals surface area contributed by atoms with E-state index in [-0.39, 0.29) is 11.7 Å². The fourth-order valence-electron chi connectivity index (χ4n) is 2.12. The van der Waals surface area contributed by atoms with Crippen LogP contribution in [0.5, 0.6) is 5.75 Å². The summed E-state index contributed by atoms with van der Waals surface area (Å²) in [4.78, 5) is 13.6. The van der Waals surface area contributed by atoms with E-state index in [1.54, 1.807) is 6.07 Å². The Bertz CT molecular complexity index is 918. The summed E-state index contributed by atoms with van der Waals surface area (Å²) in [5.41, 5.74) is 3.11. The monoisotopic (exact) mass is 312 g/mol. The third-order valence-electron chi connectivity index (χ3n) is 3.22. The second kappa shape index (κ2) is 5.72. The number of fused-ring (bicyclic) bond motifs is 1. The molecular weight excluding hydrogens is 300 g/mol. The Kier molecular flexibility index (Phi) is 3.59. The molecule has 9 heteroatoms. The third-order valence-corrected chi connectivity index (χ3v) is 3.22. The quantitative estimate of drug-likeness (QED) is 0.432. The lowest BCUT2D eigenvalue weighted by Crippen LogP contribution is -2.00. The highest BCUT2D eigenvalue weighted by Crippen LogP contribution is 2.25. The van der Waals surface area contributed by atoms with Crippen molar-refractivity contribution in [3.63, 3.8) is 0 Å². The van der Waals surface area contributed by atoms with E-state index in [2.05, 4.69) is 20.6 Å². The van der Waals surface area contributed by atoms with Crippen LogP contribution in [0.3, 0.4) is 0 Å². The molecule has 3 rings (SSSR count). The van der Waals surface area contributed by atoms with Gasteiger partial charge in [-0.15, -0.1) is 0 Å². The van der Waals surface area contributed by atoms with Gasteiger partial charge in [-0.1, -0.05) is 30.3 Å².